The smallest absolute Gasteiger partial charge is 0.306 e. The second kappa shape index (κ2) is 42.4. The number of ether oxygens (including phenoxy) is 2. The van der Waals surface area contributed by atoms with Crippen LogP contribution in [0.2, 0.25) is 0 Å². The molecule has 0 aliphatic heterocycles. The maximum Gasteiger partial charge on any atom is 0.306 e. The molecule has 1 heterocycles. The Morgan fingerprint density at radius 1 is 0.533 bits per heavy atom. The van der Waals surface area contributed by atoms with Crippen LogP contribution >= 0.6 is 0 Å². The Kier molecular flexibility index (Phi) is 39.6. The van der Waals surface area contributed by atoms with Crippen molar-refractivity contribution in [3.05, 3.63) is 18.7 Å². The molecule has 0 spiro atoms. The zero-order valence-corrected chi connectivity index (χ0v) is 40.2. The molecule has 3 unspecified atom stereocenters. The Morgan fingerprint density at radius 3 is 1.42 bits per heavy atom. The number of esters is 2. The zero-order valence-electron chi connectivity index (χ0n) is 40.2. The molecule has 60 heavy (non-hydrogen) atoms. The van der Waals surface area contributed by atoms with E-state index in [1.807, 2.05) is 18.7 Å². The average molecular weight is 846 g/mol. The van der Waals surface area contributed by atoms with Crippen molar-refractivity contribution >= 4 is 11.9 Å². The van der Waals surface area contributed by atoms with Crippen LogP contribution in [-0.4, -0.2) is 70.4 Å². The summed E-state index contributed by atoms with van der Waals surface area (Å²) in [5, 5.41) is 11.0. The maximum atomic E-state index is 12.8. The summed E-state index contributed by atoms with van der Waals surface area (Å²) in [5.41, 5.74) is 0. The fourth-order valence-electron chi connectivity index (χ4n) is 8.66. The molecule has 0 fully saturated rings. The van der Waals surface area contributed by atoms with Crippen molar-refractivity contribution in [2.24, 2.45) is 11.8 Å². The molecule has 0 amide bonds. The molecule has 0 aromatic carbocycles. The largest absolute Gasteiger partial charge is 0.466 e. The summed E-state index contributed by atoms with van der Waals surface area (Å²) in [6.07, 6.45) is 44.2. The second-order valence-corrected chi connectivity index (χ2v) is 18.4. The minimum atomic E-state index is -0.394. The van der Waals surface area contributed by atoms with Gasteiger partial charge in [-0.1, -0.05) is 169 Å². The van der Waals surface area contributed by atoms with Gasteiger partial charge in [-0.25, -0.2) is 4.98 Å². The number of carbonyl (C=O) groups is 2. The Bertz CT molecular complexity index is 1050. The number of imidazole rings is 1. The van der Waals surface area contributed by atoms with Crippen molar-refractivity contribution in [3.63, 3.8) is 0 Å². The quantitative estimate of drug-likeness (QED) is 0.0516. The highest BCUT2D eigenvalue weighted by Gasteiger charge is 2.17. The van der Waals surface area contributed by atoms with Crippen LogP contribution in [0.3, 0.4) is 0 Å². The van der Waals surface area contributed by atoms with Gasteiger partial charge in [0.1, 0.15) is 0 Å². The predicted octanol–water partition coefficient (Wildman–Crippen LogP) is 14.2. The van der Waals surface area contributed by atoms with Crippen molar-refractivity contribution < 1.29 is 24.2 Å². The fraction of sp³-hybridized carbons (Fsp3) is 0.904. The molecule has 0 aliphatic rings. The van der Waals surface area contributed by atoms with E-state index in [9.17, 15) is 14.7 Å². The molecule has 1 aromatic rings. The van der Waals surface area contributed by atoms with Crippen LogP contribution in [0, 0.1) is 11.8 Å². The number of hydrogen-bond acceptors (Lipinski definition) is 7. The van der Waals surface area contributed by atoms with Gasteiger partial charge in [0.2, 0.25) is 0 Å². The minimum Gasteiger partial charge on any atom is -0.466 e. The molecule has 352 valence electrons. The number of aryl methyl sites for hydroxylation is 1. The first-order valence-corrected chi connectivity index (χ1v) is 26.1. The van der Waals surface area contributed by atoms with Crippen molar-refractivity contribution in [2.75, 3.05) is 32.8 Å². The molecule has 1 N–H and O–H groups in total. The summed E-state index contributed by atoms with van der Waals surface area (Å²) >= 11 is 0. The van der Waals surface area contributed by atoms with Gasteiger partial charge in [-0.3, -0.25) is 9.59 Å². The lowest BCUT2D eigenvalue weighted by molar-refractivity contribution is -0.146. The first-order valence-electron chi connectivity index (χ1n) is 26.1. The molecule has 1 rings (SSSR count). The summed E-state index contributed by atoms with van der Waals surface area (Å²) in [6.45, 7) is 13.5. The van der Waals surface area contributed by atoms with Gasteiger partial charge in [0, 0.05) is 38.3 Å². The van der Waals surface area contributed by atoms with Crippen LogP contribution in [0.15, 0.2) is 18.7 Å². The Morgan fingerprint density at radius 2 is 0.933 bits per heavy atom. The van der Waals surface area contributed by atoms with E-state index in [0.29, 0.717) is 44.4 Å². The van der Waals surface area contributed by atoms with Crippen molar-refractivity contribution in [1.82, 2.24) is 14.5 Å². The number of aromatic nitrogens is 2. The topological polar surface area (TPSA) is 93.9 Å². The van der Waals surface area contributed by atoms with Crippen LogP contribution in [0.1, 0.15) is 246 Å². The predicted molar refractivity (Wildman–Crippen MR) is 253 cm³/mol. The SMILES string of the molecule is CCCCCCCCC(CCCCCC)CC(=O)OCCCCCCN(CCCn1ccnc1)CC(O)CCCCOC(=O)CC(CCCCCC)CCCCCCCC. The third-order valence-electron chi connectivity index (χ3n) is 12.5. The first kappa shape index (κ1) is 56.1. The summed E-state index contributed by atoms with van der Waals surface area (Å²) in [5.74, 6) is 0.885. The molecule has 0 aliphatic carbocycles. The number of aliphatic hydroxyl groups excluding tert-OH is 1. The maximum absolute atomic E-state index is 12.8. The number of hydrogen-bond donors (Lipinski definition) is 1. The lowest BCUT2D eigenvalue weighted by Crippen LogP contribution is -2.34. The van der Waals surface area contributed by atoms with Crippen molar-refractivity contribution in [3.8, 4) is 0 Å². The highest BCUT2D eigenvalue weighted by atomic mass is 16.5. The van der Waals surface area contributed by atoms with Gasteiger partial charge >= 0.3 is 11.9 Å². The molecule has 8 heteroatoms. The molecule has 0 bridgehead atoms. The number of nitrogens with zero attached hydrogens (tertiary/aromatic N) is 3. The van der Waals surface area contributed by atoms with Crippen LogP contribution in [0.25, 0.3) is 0 Å². The van der Waals surface area contributed by atoms with Crippen LogP contribution in [0.5, 0.6) is 0 Å². The standard InChI is InChI=1S/C52H99N3O5/c1-5-9-13-17-19-25-34-48(32-23-15-11-7-3)44-51(57)59-42-29-22-21-28-38-54(39-31-40-55-41-37-53-47-55)46-50(56)36-27-30-43-60-52(58)45-49(33-24-16-12-8-4)35-26-20-18-14-10-6-2/h37,41,47-50,56H,5-36,38-40,42-46H2,1-4H3. The average Bonchev–Trinajstić information content (AvgIpc) is 3.76. The summed E-state index contributed by atoms with van der Waals surface area (Å²) in [6, 6.07) is 0. The highest BCUT2D eigenvalue weighted by molar-refractivity contribution is 5.70. The minimum absolute atomic E-state index is 0.00157. The summed E-state index contributed by atoms with van der Waals surface area (Å²) < 4.78 is 13.6. The monoisotopic (exact) mass is 846 g/mol. The number of rotatable bonds is 46. The lowest BCUT2D eigenvalue weighted by atomic mass is 9.91. The fourth-order valence-corrected chi connectivity index (χ4v) is 8.66. The van der Waals surface area contributed by atoms with Gasteiger partial charge < -0.3 is 24.0 Å². The van der Waals surface area contributed by atoms with Gasteiger partial charge in [-0.15, -0.1) is 0 Å². The second-order valence-electron chi connectivity index (χ2n) is 18.4. The number of carbonyl (C=O) groups excluding carboxylic acids is 2. The van der Waals surface area contributed by atoms with Crippen LogP contribution in [-0.2, 0) is 25.6 Å². The lowest BCUT2D eigenvalue weighted by Gasteiger charge is -2.25. The zero-order chi connectivity index (χ0) is 43.6. The van der Waals surface area contributed by atoms with Gasteiger partial charge in [-0.2, -0.15) is 0 Å². The number of unbranched alkanes of at least 4 members (excludes halogenated alkanes) is 20. The van der Waals surface area contributed by atoms with E-state index in [4.69, 9.17) is 9.47 Å². The normalized spacial score (nSPS) is 13.2. The molecular weight excluding hydrogens is 747 g/mol. The van der Waals surface area contributed by atoms with Crippen LogP contribution in [0.4, 0.5) is 0 Å². The summed E-state index contributed by atoms with van der Waals surface area (Å²) in [7, 11) is 0. The van der Waals surface area contributed by atoms with E-state index in [1.165, 1.54) is 128 Å². The summed E-state index contributed by atoms with van der Waals surface area (Å²) in [4.78, 5) is 32.2. The molecular formula is C52H99N3O5. The third kappa shape index (κ3) is 35.6. The van der Waals surface area contributed by atoms with Gasteiger partial charge in [-0.05, 0) is 89.1 Å². The third-order valence-corrected chi connectivity index (χ3v) is 12.5. The van der Waals surface area contributed by atoms with Crippen molar-refractivity contribution in [2.45, 2.75) is 259 Å². The van der Waals surface area contributed by atoms with E-state index >= 15 is 0 Å². The van der Waals surface area contributed by atoms with Gasteiger partial charge in [0.05, 0.1) is 25.6 Å². The molecule has 0 radical (unpaired) electrons. The van der Waals surface area contributed by atoms with E-state index in [0.717, 1.165) is 96.7 Å². The van der Waals surface area contributed by atoms with Gasteiger partial charge in [0.15, 0.2) is 0 Å². The molecule has 1 aromatic heterocycles. The van der Waals surface area contributed by atoms with Crippen molar-refractivity contribution in [1.29, 1.82) is 0 Å². The molecule has 8 nitrogen and oxygen atoms in total. The Balaban J connectivity index is 2.40. The van der Waals surface area contributed by atoms with Crippen LogP contribution < -0.4 is 0 Å². The van der Waals surface area contributed by atoms with Gasteiger partial charge in [0.25, 0.3) is 0 Å². The molecule has 3 atom stereocenters. The highest BCUT2D eigenvalue weighted by Crippen LogP contribution is 2.24. The van der Waals surface area contributed by atoms with E-state index in [-0.39, 0.29) is 11.9 Å². The number of aliphatic hydroxyl groups is 1. The Labute approximate surface area is 371 Å². The first-order chi connectivity index (χ1) is 29.4. The van der Waals surface area contributed by atoms with E-state index < -0.39 is 6.10 Å². The Hall–Kier alpha value is -1.93. The van der Waals surface area contributed by atoms with E-state index in [2.05, 4.69) is 42.1 Å². The molecule has 0 saturated carbocycles. The molecule has 0 saturated heterocycles. The van der Waals surface area contributed by atoms with E-state index in [1.54, 1.807) is 0 Å².